The first-order valence-corrected chi connectivity index (χ1v) is 4.71. The van der Waals surface area contributed by atoms with Crippen molar-refractivity contribution in [2.75, 3.05) is 6.61 Å². The molecule has 0 aliphatic heterocycles. The fraction of sp³-hybridized carbons (Fsp3) is 0.333. The highest BCUT2D eigenvalue weighted by Crippen LogP contribution is 2.21. The van der Waals surface area contributed by atoms with Crippen LogP contribution < -0.4 is 5.90 Å². The molecule has 0 aromatic heterocycles. The monoisotopic (exact) mass is 247 g/mol. The van der Waals surface area contributed by atoms with Crippen molar-refractivity contribution in [2.45, 2.75) is 13.3 Å². The van der Waals surface area contributed by atoms with Gasteiger partial charge in [-0.05, 0) is 24.1 Å². The van der Waals surface area contributed by atoms with Crippen molar-refractivity contribution in [3.8, 4) is 0 Å². The molecule has 1 rings (SSSR count). The van der Waals surface area contributed by atoms with E-state index in [0.717, 1.165) is 4.47 Å². The lowest BCUT2D eigenvalue weighted by Gasteiger charge is -2.06. The van der Waals surface area contributed by atoms with Crippen molar-refractivity contribution < 1.29 is 9.23 Å². The van der Waals surface area contributed by atoms with Gasteiger partial charge in [-0.1, -0.05) is 22.0 Å². The topological polar surface area (TPSA) is 35.2 Å². The van der Waals surface area contributed by atoms with Gasteiger partial charge in [-0.25, -0.2) is 10.3 Å². The Morgan fingerprint density at radius 3 is 2.85 bits per heavy atom. The normalized spacial score (nSPS) is 10.5. The lowest BCUT2D eigenvalue weighted by atomic mass is 10.1. The second-order valence-corrected chi connectivity index (χ2v) is 3.62. The van der Waals surface area contributed by atoms with Gasteiger partial charge < -0.3 is 4.84 Å². The summed E-state index contributed by atoms with van der Waals surface area (Å²) >= 11 is 3.25. The predicted molar refractivity (Wildman–Crippen MR) is 52.7 cm³/mol. The molecular weight excluding hydrogens is 237 g/mol. The zero-order valence-electron chi connectivity index (χ0n) is 7.31. The van der Waals surface area contributed by atoms with Gasteiger partial charge in [-0.3, -0.25) is 0 Å². The van der Waals surface area contributed by atoms with E-state index in [9.17, 15) is 4.39 Å². The summed E-state index contributed by atoms with van der Waals surface area (Å²) in [5, 5.41) is 0. The molecule has 0 unspecified atom stereocenters. The van der Waals surface area contributed by atoms with Crippen LogP contribution in [0.15, 0.2) is 16.6 Å². The average Bonchev–Trinajstić information content (AvgIpc) is 2.13. The number of nitrogens with two attached hydrogens (primary N) is 1. The SMILES string of the molecule is Cc1c(Br)ccc(CCON)c1F. The van der Waals surface area contributed by atoms with E-state index in [-0.39, 0.29) is 5.82 Å². The molecule has 0 bridgehead atoms. The minimum absolute atomic E-state index is 0.188. The molecule has 0 spiro atoms. The van der Waals surface area contributed by atoms with Crippen LogP contribution in [0.4, 0.5) is 4.39 Å². The van der Waals surface area contributed by atoms with Gasteiger partial charge in [0, 0.05) is 10.9 Å². The summed E-state index contributed by atoms with van der Waals surface area (Å²) in [5.74, 6) is 4.67. The molecule has 4 heteroatoms. The van der Waals surface area contributed by atoms with E-state index in [2.05, 4.69) is 20.8 Å². The largest absolute Gasteiger partial charge is 0.304 e. The van der Waals surface area contributed by atoms with Gasteiger partial charge in [0.15, 0.2) is 0 Å². The first-order valence-electron chi connectivity index (χ1n) is 3.92. The third-order valence-corrected chi connectivity index (χ3v) is 2.75. The van der Waals surface area contributed by atoms with E-state index < -0.39 is 0 Å². The van der Waals surface area contributed by atoms with E-state index >= 15 is 0 Å². The summed E-state index contributed by atoms with van der Waals surface area (Å²) in [5.41, 5.74) is 1.25. The summed E-state index contributed by atoms with van der Waals surface area (Å²) in [7, 11) is 0. The van der Waals surface area contributed by atoms with Gasteiger partial charge >= 0.3 is 0 Å². The maximum absolute atomic E-state index is 13.5. The molecule has 0 aliphatic rings. The van der Waals surface area contributed by atoms with E-state index in [4.69, 9.17) is 5.90 Å². The smallest absolute Gasteiger partial charge is 0.130 e. The van der Waals surface area contributed by atoms with Crippen molar-refractivity contribution >= 4 is 15.9 Å². The van der Waals surface area contributed by atoms with Crippen molar-refractivity contribution in [3.63, 3.8) is 0 Å². The maximum Gasteiger partial charge on any atom is 0.130 e. The summed E-state index contributed by atoms with van der Waals surface area (Å²) in [4.78, 5) is 4.39. The van der Waals surface area contributed by atoms with Crippen LogP contribution in [0.3, 0.4) is 0 Å². The number of halogens is 2. The van der Waals surface area contributed by atoms with E-state index in [1.54, 1.807) is 13.0 Å². The molecule has 0 aliphatic carbocycles. The Labute approximate surface area is 85.0 Å². The van der Waals surface area contributed by atoms with Crippen molar-refractivity contribution in [1.29, 1.82) is 0 Å². The van der Waals surface area contributed by atoms with Crippen molar-refractivity contribution in [2.24, 2.45) is 5.90 Å². The summed E-state index contributed by atoms with van der Waals surface area (Å²) in [6.45, 7) is 2.06. The number of rotatable bonds is 3. The lowest BCUT2D eigenvalue weighted by Crippen LogP contribution is -2.05. The first-order chi connectivity index (χ1) is 6.16. The van der Waals surface area contributed by atoms with Gasteiger partial charge in [0.1, 0.15) is 5.82 Å². The molecule has 1 aromatic rings. The summed E-state index contributed by atoms with van der Waals surface area (Å²) in [6.07, 6.45) is 0.496. The Balaban J connectivity index is 2.90. The Bertz CT molecular complexity index is 304. The molecular formula is C9H11BrFNO. The fourth-order valence-corrected chi connectivity index (χ4v) is 1.39. The van der Waals surface area contributed by atoms with Crippen LogP contribution in [0.2, 0.25) is 0 Å². The van der Waals surface area contributed by atoms with Crippen LogP contribution in [-0.4, -0.2) is 6.61 Å². The molecule has 1 aromatic carbocycles. The van der Waals surface area contributed by atoms with E-state index in [0.29, 0.717) is 24.2 Å². The van der Waals surface area contributed by atoms with Crippen LogP contribution in [0.5, 0.6) is 0 Å². The minimum atomic E-state index is -0.188. The third kappa shape index (κ3) is 2.49. The Morgan fingerprint density at radius 1 is 1.54 bits per heavy atom. The van der Waals surface area contributed by atoms with Crippen LogP contribution in [0.25, 0.3) is 0 Å². The zero-order valence-corrected chi connectivity index (χ0v) is 8.90. The highest BCUT2D eigenvalue weighted by Gasteiger charge is 2.07. The highest BCUT2D eigenvalue weighted by atomic mass is 79.9. The number of hydrogen-bond acceptors (Lipinski definition) is 2. The lowest BCUT2D eigenvalue weighted by molar-refractivity contribution is 0.140. The molecule has 13 heavy (non-hydrogen) atoms. The maximum atomic E-state index is 13.5. The Kier molecular flexibility index (Phi) is 3.84. The standard InChI is InChI=1S/C9H11BrFNO/c1-6-8(10)3-2-7(9(6)11)4-5-13-12/h2-3H,4-5,12H2,1H3. The molecule has 0 radical (unpaired) electrons. The van der Waals surface area contributed by atoms with Gasteiger partial charge in [0.05, 0.1) is 6.61 Å². The van der Waals surface area contributed by atoms with Gasteiger partial charge in [0.25, 0.3) is 0 Å². The van der Waals surface area contributed by atoms with Crippen LogP contribution >= 0.6 is 15.9 Å². The van der Waals surface area contributed by atoms with Gasteiger partial charge in [-0.15, -0.1) is 0 Å². The minimum Gasteiger partial charge on any atom is -0.304 e. The second-order valence-electron chi connectivity index (χ2n) is 2.77. The van der Waals surface area contributed by atoms with Crippen LogP contribution in [0, 0.1) is 12.7 Å². The van der Waals surface area contributed by atoms with Crippen LogP contribution in [0.1, 0.15) is 11.1 Å². The molecule has 2 nitrogen and oxygen atoms in total. The van der Waals surface area contributed by atoms with Gasteiger partial charge in [0.2, 0.25) is 0 Å². The molecule has 0 saturated carbocycles. The highest BCUT2D eigenvalue weighted by molar-refractivity contribution is 9.10. The number of benzene rings is 1. The molecule has 0 amide bonds. The quantitative estimate of drug-likeness (QED) is 0.833. The molecule has 2 N–H and O–H groups in total. The fourth-order valence-electron chi connectivity index (χ4n) is 1.08. The second kappa shape index (κ2) is 4.69. The first kappa shape index (κ1) is 10.6. The number of hydrogen-bond donors (Lipinski definition) is 1. The molecule has 0 heterocycles. The van der Waals surface area contributed by atoms with Gasteiger partial charge in [-0.2, -0.15) is 0 Å². The van der Waals surface area contributed by atoms with E-state index in [1.165, 1.54) is 0 Å². The van der Waals surface area contributed by atoms with Crippen molar-refractivity contribution in [1.82, 2.24) is 0 Å². The predicted octanol–water partition coefficient (Wildman–Crippen LogP) is 2.33. The van der Waals surface area contributed by atoms with Crippen molar-refractivity contribution in [3.05, 3.63) is 33.5 Å². The molecule has 0 atom stereocenters. The molecule has 0 fully saturated rings. The third-order valence-electron chi connectivity index (χ3n) is 1.89. The summed E-state index contributed by atoms with van der Waals surface area (Å²) in [6, 6.07) is 3.55. The average molecular weight is 248 g/mol. The van der Waals surface area contributed by atoms with Crippen LogP contribution in [-0.2, 0) is 11.3 Å². The molecule has 0 saturated heterocycles. The Morgan fingerprint density at radius 2 is 2.23 bits per heavy atom. The zero-order chi connectivity index (χ0) is 9.84. The van der Waals surface area contributed by atoms with E-state index in [1.807, 2.05) is 6.07 Å². The molecule has 72 valence electrons. The summed E-state index contributed by atoms with van der Waals surface area (Å²) < 4.78 is 14.2. The Hall–Kier alpha value is -0.450.